The topological polar surface area (TPSA) is 77.4 Å². The molecule has 6 nitrogen and oxygen atoms in total. The SMILES string of the molecule is CO/N=C(\c1cccc(OC)c1)c1ccccc1/C(C(=O)O)=C(/C)OC. The molecule has 0 radical (unpaired) electrons. The van der Waals surface area contributed by atoms with Crippen molar-refractivity contribution < 1.29 is 24.2 Å². The normalized spacial score (nSPS) is 12.2. The fourth-order valence-corrected chi connectivity index (χ4v) is 2.58. The van der Waals surface area contributed by atoms with Crippen molar-refractivity contribution in [2.24, 2.45) is 5.16 Å². The lowest BCUT2D eigenvalue weighted by atomic mass is 9.92. The van der Waals surface area contributed by atoms with Crippen LogP contribution in [0.2, 0.25) is 0 Å². The van der Waals surface area contributed by atoms with Crippen molar-refractivity contribution in [2.75, 3.05) is 21.3 Å². The Morgan fingerprint density at radius 1 is 1.00 bits per heavy atom. The fourth-order valence-electron chi connectivity index (χ4n) is 2.58. The predicted octanol–water partition coefficient (Wildman–Crippen LogP) is 3.56. The maximum atomic E-state index is 11.8. The number of rotatable bonds is 7. The molecule has 0 atom stereocenters. The molecule has 2 aromatic rings. The highest BCUT2D eigenvalue weighted by Crippen LogP contribution is 2.27. The van der Waals surface area contributed by atoms with E-state index in [9.17, 15) is 9.90 Å². The van der Waals surface area contributed by atoms with Gasteiger partial charge in [0.1, 0.15) is 29.9 Å². The molecule has 6 heteroatoms. The number of benzene rings is 2. The van der Waals surface area contributed by atoms with Crippen molar-refractivity contribution >= 4 is 17.3 Å². The number of carboxylic acid groups (broad SMARTS) is 1. The summed E-state index contributed by atoms with van der Waals surface area (Å²) in [6, 6.07) is 14.4. The van der Waals surface area contributed by atoms with Gasteiger partial charge in [0.05, 0.1) is 14.2 Å². The number of carbonyl (C=O) groups is 1. The maximum absolute atomic E-state index is 11.8. The smallest absolute Gasteiger partial charge is 0.339 e. The van der Waals surface area contributed by atoms with E-state index in [1.807, 2.05) is 30.3 Å². The molecule has 0 amide bonds. The molecule has 0 saturated carbocycles. The number of hydrogen-bond donors (Lipinski definition) is 1. The van der Waals surface area contributed by atoms with Gasteiger partial charge in [-0.25, -0.2) is 4.79 Å². The molecule has 0 heterocycles. The van der Waals surface area contributed by atoms with Gasteiger partial charge in [-0.1, -0.05) is 41.6 Å². The minimum Gasteiger partial charge on any atom is -0.500 e. The summed E-state index contributed by atoms with van der Waals surface area (Å²) in [4.78, 5) is 16.9. The van der Waals surface area contributed by atoms with Crippen molar-refractivity contribution in [2.45, 2.75) is 6.92 Å². The number of ether oxygens (including phenoxy) is 2. The minimum absolute atomic E-state index is 0.0646. The molecule has 0 bridgehead atoms. The number of allylic oxidation sites excluding steroid dienone is 1. The summed E-state index contributed by atoms with van der Waals surface area (Å²) < 4.78 is 10.4. The highest BCUT2D eigenvalue weighted by Gasteiger charge is 2.22. The zero-order valence-electron chi connectivity index (χ0n) is 15.1. The van der Waals surface area contributed by atoms with Gasteiger partial charge in [0.15, 0.2) is 0 Å². The minimum atomic E-state index is -1.08. The molecule has 0 spiro atoms. The number of nitrogens with zero attached hydrogens (tertiary/aromatic N) is 1. The Labute approximate surface area is 152 Å². The molecule has 1 N–H and O–H groups in total. The van der Waals surface area contributed by atoms with Crippen molar-refractivity contribution in [3.63, 3.8) is 0 Å². The third kappa shape index (κ3) is 4.03. The highest BCUT2D eigenvalue weighted by atomic mass is 16.6. The van der Waals surface area contributed by atoms with Crippen molar-refractivity contribution in [3.8, 4) is 5.75 Å². The lowest BCUT2D eigenvalue weighted by Crippen LogP contribution is -2.12. The molecule has 0 aliphatic rings. The van der Waals surface area contributed by atoms with E-state index in [-0.39, 0.29) is 5.57 Å². The Morgan fingerprint density at radius 2 is 1.69 bits per heavy atom. The Morgan fingerprint density at radius 3 is 2.27 bits per heavy atom. The van der Waals surface area contributed by atoms with E-state index in [1.165, 1.54) is 14.2 Å². The number of oxime groups is 1. The number of hydrogen-bond acceptors (Lipinski definition) is 5. The first-order valence-corrected chi connectivity index (χ1v) is 7.87. The van der Waals surface area contributed by atoms with E-state index in [0.29, 0.717) is 28.3 Å². The van der Waals surface area contributed by atoms with Crippen LogP contribution in [0.1, 0.15) is 23.6 Å². The van der Waals surface area contributed by atoms with Crippen LogP contribution in [0.5, 0.6) is 5.75 Å². The Hall–Kier alpha value is -3.28. The molecular weight excluding hydrogens is 334 g/mol. The van der Waals surface area contributed by atoms with Gasteiger partial charge < -0.3 is 19.4 Å². The first-order valence-electron chi connectivity index (χ1n) is 7.87. The maximum Gasteiger partial charge on any atom is 0.339 e. The molecule has 2 rings (SSSR count). The summed E-state index contributed by atoms with van der Waals surface area (Å²) in [6.07, 6.45) is 0. The van der Waals surface area contributed by atoms with Crippen molar-refractivity contribution in [1.82, 2.24) is 0 Å². The Bertz CT molecular complexity index is 855. The largest absolute Gasteiger partial charge is 0.500 e. The summed E-state index contributed by atoms with van der Waals surface area (Å²) >= 11 is 0. The molecule has 136 valence electrons. The van der Waals surface area contributed by atoms with Gasteiger partial charge in [-0.15, -0.1) is 0 Å². The van der Waals surface area contributed by atoms with Crippen molar-refractivity contribution in [3.05, 3.63) is 71.0 Å². The first kappa shape index (κ1) is 19.1. The molecule has 0 fully saturated rings. The van der Waals surface area contributed by atoms with Gasteiger partial charge in [0.2, 0.25) is 0 Å². The fraction of sp³-hybridized carbons (Fsp3) is 0.200. The standard InChI is InChI=1S/C20H21NO5/c1-13(24-2)18(20(22)23)16-10-5-6-11-17(16)19(21-26-4)14-8-7-9-15(12-14)25-3/h5-12H,1-4H3,(H,22,23)/b18-13+,21-19+. The van der Waals surface area contributed by atoms with Crippen LogP contribution in [0, 0.1) is 0 Å². The molecule has 0 aliphatic carbocycles. The monoisotopic (exact) mass is 355 g/mol. The Kier molecular flexibility index (Phi) is 6.38. The molecule has 0 saturated heterocycles. The lowest BCUT2D eigenvalue weighted by molar-refractivity contribution is -0.130. The van der Waals surface area contributed by atoms with E-state index in [4.69, 9.17) is 14.3 Å². The Balaban J connectivity index is 2.73. The third-order valence-corrected chi connectivity index (χ3v) is 3.85. The third-order valence-electron chi connectivity index (χ3n) is 3.85. The summed E-state index contributed by atoms with van der Waals surface area (Å²) in [5.74, 6) is -0.127. The second kappa shape index (κ2) is 8.71. The number of aliphatic carboxylic acids is 1. The average molecular weight is 355 g/mol. The van der Waals surface area contributed by atoms with Gasteiger partial charge in [-0.05, 0) is 19.1 Å². The summed E-state index contributed by atoms with van der Waals surface area (Å²) in [7, 11) is 4.46. The van der Waals surface area contributed by atoms with Gasteiger partial charge in [0.25, 0.3) is 0 Å². The van der Waals surface area contributed by atoms with Crippen LogP contribution in [-0.2, 0) is 14.4 Å². The summed E-state index contributed by atoms with van der Waals surface area (Å²) in [5, 5.41) is 13.8. The molecule has 0 aromatic heterocycles. The van der Waals surface area contributed by atoms with E-state index in [0.717, 1.165) is 5.56 Å². The van der Waals surface area contributed by atoms with E-state index in [2.05, 4.69) is 5.16 Å². The van der Waals surface area contributed by atoms with E-state index < -0.39 is 5.97 Å². The average Bonchev–Trinajstić information content (AvgIpc) is 2.66. The molecule has 2 aromatic carbocycles. The molecule has 0 unspecified atom stereocenters. The second-order valence-electron chi connectivity index (χ2n) is 5.34. The summed E-state index contributed by atoms with van der Waals surface area (Å²) in [6.45, 7) is 1.61. The van der Waals surface area contributed by atoms with Crippen LogP contribution in [-0.4, -0.2) is 38.1 Å². The quantitative estimate of drug-likeness (QED) is 0.356. The number of carboxylic acids is 1. The molecular formula is C20H21NO5. The van der Waals surface area contributed by atoms with Crippen LogP contribution >= 0.6 is 0 Å². The zero-order valence-corrected chi connectivity index (χ0v) is 15.1. The van der Waals surface area contributed by atoms with E-state index in [1.54, 1.807) is 32.2 Å². The van der Waals surface area contributed by atoms with Gasteiger partial charge in [-0.2, -0.15) is 0 Å². The van der Waals surface area contributed by atoms with E-state index >= 15 is 0 Å². The predicted molar refractivity (Wildman–Crippen MR) is 99.3 cm³/mol. The molecule has 0 aliphatic heterocycles. The van der Waals surface area contributed by atoms with Gasteiger partial charge >= 0.3 is 5.97 Å². The van der Waals surface area contributed by atoms with Crippen LogP contribution < -0.4 is 4.74 Å². The van der Waals surface area contributed by atoms with Gasteiger partial charge in [0, 0.05) is 16.7 Å². The van der Waals surface area contributed by atoms with Crippen molar-refractivity contribution in [1.29, 1.82) is 0 Å². The highest BCUT2D eigenvalue weighted by molar-refractivity contribution is 6.22. The first-order chi connectivity index (χ1) is 12.5. The number of methoxy groups -OCH3 is 2. The van der Waals surface area contributed by atoms with Crippen LogP contribution in [0.25, 0.3) is 5.57 Å². The van der Waals surface area contributed by atoms with Crippen LogP contribution in [0.3, 0.4) is 0 Å². The van der Waals surface area contributed by atoms with Crippen LogP contribution in [0.15, 0.2) is 59.4 Å². The second-order valence-corrected chi connectivity index (χ2v) is 5.34. The van der Waals surface area contributed by atoms with Gasteiger partial charge in [-0.3, -0.25) is 0 Å². The molecule has 26 heavy (non-hydrogen) atoms. The van der Waals surface area contributed by atoms with Crippen LogP contribution in [0.4, 0.5) is 0 Å². The lowest BCUT2D eigenvalue weighted by Gasteiger charge is -2.15. The summed E-state index contributed by atoms with van der Waals surface area (Å²) in [5.41, 5.74) is 2.38. The zero-order chi connectivity index (χ0) is 19.1.